The molecule has 0 spiro atoms. The van der Waals surface area contributed by atoms with Gasteiger partial charge in [-0.25, -0.2) is 4.79 Å². The maximum Gasteiger partial charge on any atom is 0.344 e. The van der Waals surface area contributed by atoms with E-state index in [1.807, 2.05) is 32.1 Å². The highest BCUT2D eigenvalue weighted by molar-refractivity contribution is 6.32. The molecule has 0 aliphatic rings. The molecule has 0 aliphatic heterocycles. The van der Waals surface area contributed by atoms with Crippen LogP contribution in [0.1, 0.15) is 6.92 Å². The van der Waals surface area contributed by atoms with Crippen LogP contribution in [0.15, 0.2) is 24.3 Å². The predicted octanol–water partition coefficient (Wildman–Crippen LogP) is -0.113. The Morgan fingerprint density at radius 2 is 2.00 bits per heavy atom. The lowest BCUT2D eigenvalue weighted by Crippen LogP contribution is -2.14. The summed E-state index contributed by atoms with van der Waals surface area (Å²) in [5.74, 6) is 0.344. The van der Waals surface area contributed by atoms with Gasteiger partial charge >= 0.3 is 5.97 Å². The lowest BCUT2D eigenvalue weighted by molar-refractivity contribution is -0.145. The second-order valence-electron chi connectivity index (χ2n) is 2.91. The van der Waals surface area contributed by atoms with Crippen molar-refractivity contribution in [3.05, 3.63) is 24.3 Å². The molecule has 1 aromatic carbocycles. The highest BCUT2D eigenvalue weighted by Crippen LogP contribution is 2.06. The van der Waals surface area contributed by atoms with Crippen LogP contribution in [-0.2, 0) is 9.53 Å². The zero-order valence-corrected chi connectivity index (χ0v) is 8.45. The van der Waals surface area contributed by atoms with Crippen LogP contribution in [0.4, 0.5) is 0 Å². The van der Waals surface area contributed by atoms with Gasteiger partial charge < -0.3 is 9.47 Å². The van der Waals surface area contributed by atoms with Crippen molar-refractivity contribution in [2.75, 3.05) is 13.2 Å². The lowest BCUT2D eigenvalue weighted by atomic mass is 9.97. The van der Waals surface area contributed by atoms with Crippen molar-refractivity contribution in [3.63, 3.8) is 0 Å². The fourth-order valence-corrected chi connectivity index (χ4v) is 0.979. The quantitative estimate of drug-likeness (QED) is 0.493. The average molecular weight is 192 g/mol. The molecule has 14 heavy (non-hydrogen) atoms. The summed E-state index contributed by atoms with van der Waals surface area (Å²) in [4.78, 5) is 10.9. The Balaban J connectivity index is 2.38. The SMILES string of the molecule is Bc1ccc(OCC(=O)OCC)cc1. The van der Waals surface area contributed by atoms with E-state index in [0.29, 0.717) is 12.4 Å². The zero-order valence-electron chi connectivity index (χ0n) is 8.45. The molecule has 3 nitrogen and oxygen atoms in total. The monoisotopic (exact) mass is 192 g/mol. The second-order valence-corrected chi connectivity index (χ2v) is 2.91. The van der Waals surface area contributed by atoms with Crippen molar-refractivity contribution in [1.82, 2.24) is 0 Å². The van der Waals surface area contributed by atoms with Crippen LogP contribution in [0.3, 0.4) is 0 Å². The summed E-state index contributed by atoms with van der Waals surface area (Å²) in [5.41, 5.74) is 1.16. The Hall–Kier alpha value is -1.45. The number of esters is 1. The Labute approximate surface area is 84.4 Å². The minimum atomic E-state index is -0.340. The lowest BCUT2D eigenvalue weighted by Gasteiger charge is -2.05. The first-order valence-corrected chi connectivity index (χ1v) is 4.57. The van der Waals surface area contributed by atoms with Gasteiger partial charge in [-0.05, 0) is 19.1 Å². The number of carbonyl (C=O) groups is 1. The third kappa shape index (κ3) is 3.52. The van der Waals surface area contributed by atoms with Crippen molar-refractivity contribution in [2.24, 2.45) is 0 Å². The van der Waals surface area contributed by atoms with Crippen LogP contribution in [0.5, 0.6) is 5.75 Å². The molecule has 0 saturated carbocycles. The van der Waals surface area contributed by atoms with Gasteiger partial charge in [0.2, 0.25) is 0 Å². The zero-order chi connectivity index (χ0) is 10.4. The summed E-state index contributed by atoms with van der Waals surface area (Å²) in [5, 5.41) is 0. The van der Waals surface area contributed by atoms with Crippen LogP contribution < -0.4 is 10.2 Å². The van der Waals surface area contributed by atoms with Crippen LogP contribution in [0.2, 0.25) is 0 Å². The Morgan fingerprint density at radius 3 is 2.57 bits per heavy atom. The minimum absolute atomic E-state index is 0.0309. The molecule has 0 fully saturated rings. The first-order valence-electron chi connectivity index (χ1n) is 4.57. The van der Waals surface area contributed by atoms with Gasteiger partial charge in [0.25, 0.3) is 0 Å². The van der Waals surface area contributed by atoms with Crippen molar-refractivity contribution in [2.45, 2.75) is 6.92 Å². The van der Waals surface area contributed by atoms with E-state index in [1.54, 1.807) is 6.92 Å². The van der Waals surface area contributed by atoms with E-state index < -0.39 is 0 Å². The molecule has 1 aromatic rings. The number of benzene rings is 1. The predicted molar refractivity (Wildman–Crippen MR) is 56.7 cm³/mol. The summed E-state index contributed by atoms with van der Waals surface area (Å²) in [6.07, 6.45) is 0. The summed E-state index contributed by atoms with van der Waals surface area (Å²) in [6, 6.07) is 7.52. The van der Waals surface area contributed by atoms with Gasteiger partial charge in [0.15, 0.2) is 6.61 Å². The van der Waals surface area contributed by atoms with Crippen molar-refractivity contribution in [1.29, 1.82) is 0 Å². The summed E-state index contributed by atoms with van der Waals surface area (Å²) in [7, 11) is 2.00. The van der Waals surface area contributed by atoms with E-state index in [4.69, 9.17) is 9.47 Å². The van der Waals surface area contributed by atoms with Crippen LogP contribution in [0, 0.1) is 0 Å². The number of hydrogen-bond acceptors (Lipinski definition) is 3. The Bertz CT molecular complexity index is 295. The van der Waals surface area contributed by atoms with E-state index in [0.717, 1.165) is 5.46 Å². The van der Waals surface area contributed by atoms with Gasteiger partial charge in [-0.2, -0.15) is 0 Å². The summed E-state index contributed by atoms with van der Waals surface area (Å²) in [6.45, 7) is 2.12. The molecule has 0 amide bonds. The van der Waals surface area contributed by atoms with Crippen molar-refractivity contribution >= 4 is 19.3 Å². The summed E-state index contributed by atoms with van der Waals surface area (Å²) >= 11 is 0. The van der Waals surface area contributed by atoms with Crippen LogP contribution in [-0.4, -0.2) is 27.0 Å². The normalized spacial score (nSPS) is 9.50. The van der Waals surface area contributed by atoms with Gasteiger partial charge in [0.1, 0.15) is 13.6 Å². The number of rotatable bonds is 4. The van der Waals surface area contributed by atoms with Gasteiger partial charge in [-0.15, -0.1) is 0 Å². The Kier molecular flexibility index (Phi) is 4.04. The van der Waals surface area contributed by atoms with E-state index in [9.17, 15) is 4.79 Å². The second kappa shape index (κ2) is 5.32. The van der Waals surface area contributed by atoms with E-state index in [2.05, 4.69) is 0 Å². The molecule has 1 rings (SSSR count). The van der Waals surface area contributed by atoms with Crippen LogP contribution in [0.25, 0.3) is 0 Å². The molecule has 0 unspecified atom stereocenters. The maximum absolute atomic E-state index is 10.9. The third-order valence-corrected chi connectivity index (χ3v) is 1.68. The molecular formula is C10H13BO3. The molecule has 0 heterocycles. The molecule has 0 bridgehead atoms. The average Bonchev–Trinajstić information content (AvgIpc) is 2.17. The standard InChI is InChI=1S/C10H13BO3/c1-2-13-10(12)7-14-9-5-3-8(11)4-6-9/h3-6H,2,7,11H2,1H3. The first-order chi connectivity index (χ1) is 6.72. The molecule has 4 heteroatoms. The number of hydrogen-bond donors (Lipinski definition) is 0. The maximum atomic E-state index is 10.9. The molecular weight excluding hydrogens is 179 g/mol. The van der Waals surface area contributed by atoms with E-state index >= 15 is 0 Å². The molecule has 0 aliphatic carbocycles. The fourth-order valence-electron chi connectivity index (χ4n) is 0.979. The molecule has 0 aromatic heterocycles. The number of carbonyl (C=O) groups excluding carboxylic acids is 1. The molecule has 74 valence electrons. The van der Waals surface area contributed by atoms with Gasteiger partial charge in [0.05, 0.1) is 6.61 Å². The van der Waals surface area contributed by atoms with Gasteiger partial charge in [-0.1, -0.05) is 17.6 Å². The highest BCUT2D eigenvalue weighted by atomic mass is 16.6. The van der Waals surface area contributed by atoms with E-state index in [-0.39, 0.29) is 12.6 Å². The topological polar surface area (TPSA) is 35.5 Å². The summed E-state index contributed by atoms with van der Waals surface area (Å²) < 4.78 is 9.92. The molecule has 0 atom stereocenters. The van der Waals surface area contributed by atoms with E-state index in [1.165, 1.54) is 0 Å². The minimum Gasteiger partial charge on any atom is -0.482 e. The smallest absolute Gasteiger partial charge is 0.344 e. The van der Waals surface area contributed by atoms with Crippen molar-refractivity contribution < 1.29 is 14.3 Å². The van der Waals surface area contributed by atoms with Crippen LogP contribution >= 0.6 is 0 Å². The molecule has 0 N–H and O–H groups in total. The third-order valence-electron chi connectivity index (χ3n) is 1.68. The fraction of sp³-hybridized carbons (Fsp3) is 0.300. The molecule has 0 radical (unpaired) electrons. The highest BCUT2D eigenvalue weighted by Gasteiger charge is 2.01. The first kappa shape index (κ1) is 10.6. The molecule has 0 saturated heterocycles. The number of ether oxygens (including phenoxy) is 2. The largest absolute Gasteiger partial charge is 0.482 e. The van der Waals surface area contributed by atoms with Gasteiger partial charge in [-0.3, -0.25) is 0 Å². The van der Waals surface area contributed by atoms with Crippen molar-refractivity contribution in [3.8, 4) is 5.75 Å². The van der Waals surface area contributed by atoms with Gasteiger partial charge in [0, 0.05) is 0 Å². The Morgan fingerprint density at radius 1 is 1.36 bits per heavy atom.